The molecule has 0 fully saturated rings. The van der Waals surface area contributed by atoms with Crippen LogP contribution in [0.4, 0.5) is 0 Å². The van der Waals surface area contributed by atoms with Crippen molar-refractivity contribution in [3.63, 3.8) is 0 Å². The Balaban J connectivity index is 3.61. The van der Waals surface area contributed by atoms with Crippen molar-refractivity contribution in [3.8, 4) is 0 Å². The largest absolute Gasteiger partial charge is 0.462 e. The first kappa shape index (κ1) is 11.0. The molecule has 0 atom stereocenters. The molecule has 0 aromatic carbocycles. The molecule has 0 aliphatic rings. The van der Waals surface area contributed by atoms with Crippen LogP contribution in [-0.2, 0) is 9.53 Å². The number of carbonyl (C=O) groups is 1. The molecule has 1 N–H and O–H groups in total. The Labute approximate surface area is 73.8 Å². The van der Waals surface area contributed by atoms with Gasteiger partial charge in [0.05, 0.1) is 0 Å². The summed E-state index contributed by atoms with van der Waals surface area (Å²) in [6.45, 7) is 7.87. The van der Waals surface area contributed by atoms with Crippen molar-refractivity contribution in [2.24, 2.45) is 5.92 Å². The number of allylic oxidation sites excluding steroid dienone is 1. The Hall–Kier alpha value is -0.990. The van der Waals surface area contributed by atoms with Crippen molar-refractivity contribution in [1.82, 2.24) is 5.32 Å². The number of hydrogen-bond acceptors (Lipinski definition) is 3. The van der Waals surface area contributed by atoms with Crippen LogP contribution in [0.2, 0.25) is 0 Å². The highest BCUT2D eigenvalue weighted by Gasteiger charge is 1.96. The lowest BCUT2D eigenvalue weighted by Gasteiger charge is -2.11. The van der Waals surface area contributed by atoms with E-state index >= 15 is 0 Å². The van der Waals surface area contributed by atoms with E-state index in [1.165, 1.54) is 0 Å². The minimum atomic E-state index is 0.340. The number of nitrogens with one attached hydrogen (secondary N) is 1. The zero-order chi connectivity index (χ0) is 9.40. The summed E-state index contributed by atoms with van der Waals surface area (Å²) < 4.78 is 4.61. The van der Waals surface area contributed by atoms with Gasteiger partial charge in [-0.3, -0.25) is 4.79 Å². The van der Waals surface area contributed by atoms with Crippen LogP contribution in [0.3, 0.4) is 0 Å². The fourth-order valence-corrected chi connectivity index (χ4v) is 0.695. The van der Waals surface area contributed by atoms with E-state index in [9.17, 15) is 4.79 Å². The minimum Gasteiger partial charge on any atom is -0.462 e. The normalized spacial score (nSPS) is 11.5. The first-order valence-electron chi connectivity index (χ1n) is 4.15. The Kier molecular flexibility index (Phi) is 6.15. The quantitative estimate of drug-likeness (QED) is 0.612. The van der Waals surface area contributed by atoms with Crippen LogP contribution >= 0.6 is 0 Å². The molecule has 0 saturated heterocycles. The second-order valence-electron chi connectivity index (χ2n) is 3.00. The summed E-state index contributed by atoms with van der Waals surface area (Å²) in [5, 5.41) is 3.18. The lowest BCUT2D eigenvalue weighted by molar-refractivity contribution is -0.127. The maximum Gasteiger partial charge on any atom is 0.293 e. The number of carbonyl (C=O) groups excluding carboxylic acids is 1. The van der Waals surface area contributed by atoms with E-state index in [-0.39, 0.29) is 0 Å². The molecule has 0 heterocycles. The lowest BCUT2D eigenvalue weighted by atomic mass is 10.2. The Bertz CT molecular complexity index is 153. The highest BCUT2D eigenvalue weighted by atomic mass is 16.5. The second-order valence-corrected chi connectivity index (χ2v) is 3.00. The SMILES string of the molecule is CC=C(COC=O)NCC(C)C. The fraction of sp³-hybridized carbons (Fsp3) is 0.667. The summed E-state index contributed by atoms with van der Waals surface area (Å²) in [5.41, 5.74) is 0.954. The summed E-state index contributed by atoms with van der Waals surface area (Å²) in [7, 11) is 0. The molecule has 12 heavy (non-hydrogen) atoms. The summed E-state index contributed by atoms with van der Waals surface area (Å²) >= 11 is 0. The van der Waals surface area contributed by atoms with Crippen molar-refractivity contribution >= 4 is 6.47 Å². The van der Waals surface area contributed by atoms with Crippen molar-refractivity contribution in [3.05, 3.63) is 11.8 Å². The number of hydrogen-bond donors (Lipinski definition) is 1. The molecule has 0 bridgehead atoms. The van der Waals surface area contributed by atoms with Gasteiger partial charge in [-0.2, -0.15) is 0 Å². The number of rotatable bonds is 6. The number of ether oxygens (including phenoxy) is 1. The van der Waals surface area contributed by atoms with Gasteiger partial charge in [-0.05, 0) is 12.8 Å². The van der Waals surface area contributed by atoms with Crippen LogP contribution in [0.15, 0.2) is 11.8 Å². The van der Waals surface area contributed by atoms with Gasteiger partial charge in [-0.25, -0.2) is 0 Å². The van der Waals surface area contributed by atoms with Gasteiger partial charge in [0.15, 0.2) is 0 Å². The van der Waals surface area contributed by atoms with Crippen LogP contribution < -0.4 is 5.32 Å². The molecular weight excluding hydrogens is 154 g/mol. The maximum atomic E-state index is 9.89. The Morgan fingerprint density at radius 2 is 2.25 bits per heavy atom. The van der Waals surface area contributed by atoms with Gasteiger partial charge < -0.3 is 10.1 Å². The smallest absolute Gasteiger partial charge is 0.293 e. The van der Waals surface area contributed by atoms with Crippen LogP contribution in [-0.4, -0.2) is 19.6 Å². The molecule has 0 saturated carbocycles. The van der Waals surface area contributed by atoms with Crippen LogP contribution in [0.1, 0.15) is 20.8 Å². The topological polar surface area (TPSA) is 38.3 Å². The zero-order valence-corrected chi connectivity index (χ0v) is 7.96. The van der Waals surface area contributed by atoms with Crippen molar-refractivity contribution in [2.75, 3.05) is 13.2 Å². The molecular formula is C9H17NO2. The van der Waals surface area contributed by atoms with Gasteiger partial charge in [0.25, 0.3) is 6.47 Å². The van der Waals surface area contributed by atoms with E-state index in [1.807, 2.05) is 13.0 Å². The zero-order valence-electron chi connectivity index (χ0n) is 7.96. The second kappa shape index (κ2) is 6.70. The summed E-state index contributed by atoms with van der Waals surface area (Å²) in [5.74, 6) is 0.594. The standard InChI is InChI=1S/C9H17NO2/c1-4-9(6-12-7-11)10-5-8(2)3/h4,7-8,10H,5-6H2,1-3H3. The van der Waals surface area contributed by atoms with Gasteiger partial charge in [0, 0.05) is 12.2 Å². The average Bonchev–Trinajstić information content (AvgIpc) is 2.05. The molecule has 0 spiro atoms. The van der Waals surface area contributed by atoms with Crippen LogP contribution in [0.5, 0.6) is 0 Å². The molecule has 0 rings (SSSR count). The first-order valence-corrected chi connectivity index (χ1v) is 4.15. The molecule has 0 aromatic heterocycles. The predicted molar refractivity (Wildman–Crippen MR) is 48.6 cm³/mol. The van der Waals surface area contributed by atoms with Crippen molar-refractivity contribution < 1.29 is 9.53 Å². The molecule has 0 aliphatic carbocycles. The van der Waals surface area contributed by atoms with E-state index < -0.39 is 0 Å². The third kappa shape index (κ3) is 5.77. The molecule has 0 aromatic rings. The third-order valence-electron chi connectivity index (χ3n) is 1.39. The van der Waals surface area contributed by atoms with E-state index in [0.717, 1.165) is 12.2 Å². The third-order valence-corrected chi connectivity index (χ3v) is 1.39. The van der Waals surface area contributed by atoms with Gasteiger partial charge in [0.2, 0.25) is 0 Å². The van der Waals surface area contributed by atoms with Gasteiger partial charge in [-0.1, -0.05) is 19.9 Å². The molecule has 3 heteroatoms. The van der Waals surface area contributed by atoms with Crippen LogP contribution in [0.25, 0.3) is 0 Å². The predicted octanol–water partition coefficient (Wildman–Crippen LogP) is 1.31. The summed E-state index contributed by atoms with van der Waals surface area (Å²) in [6.07, 6.45) is 1.91. The van der Waals surface area contributed by atoms with E-state index in [2.05, 4.69) is 23.9 Å². The molecule has 3 nitrogen and oxygen atoms in total. The summed E-state index contributed by atoms with van der Waals surface area (Å²) in [6, 6.07) is 0. The van der Waals surface area contributed by atoms with E-state index in [4.69, 9.17) is 0 Å². The lowest BCUT2D eigenvalue weighted by Crippen LogP contribution is -2.21. The monoisotopic (exact) mass is 171 g/mol. The Morgan fingerprint density at radius 1 is 1.58 bits per heavy atom. The minimum absolute atomic E-state index is 0.340. The van der Waals surface area contributed by atoms with Crippen molar-refractivity contribution in [2.45, 2.75) is 20.8 Å². The van der Waals surface area contributed by atoms with E-state index in [1.54, 1.807) is 0 Å². The molecule has 0 radical (unpaired) electrons. The fourth-order valence-electron chi connectivity index (χ4n) is 0.695. The maximum absolute atomic E-state index is 9.89. The molecule has 0 aliphatic heterocycles. The molecule has 0 unspecified atom stereocenters. The van der Waals surface area contributed by atoms with Crippen LogP contribution in [0, 0.1) is 5.92 Å². The highest BCUT2D eigenvalue weighted by Crippen LogP contribution is 1.93. The summed E-state index contributed by atoms with van der Waals surface area (Å²) in [4.78, 5) is 9.89. The first-order chi connectivity index (χ1) is 5.70. The van der Waals surface area contributed by atoms with E-state index in [0.29, 0.717) is 19.0 Å². The highest BCUT2D eigenvalue weighted by molar-refractivity contribution is 5.37. The van der Waals surface area contributed by atoms with Gasteiger partial charge in [0.1, 0.15) is 6.61 Å². The average molecular weight is 171 g/mol. The van der Waals surface area contributed by atoms with Gasteiger partial charge in [-0.15, -0.1) is 0 Å². The van der Waals surface area contributed by atoms with Crippen molar-refractivity contribution in [1.29, 1.82) is 0 Å². The van der Waals surface area contributed by atoms with Gasteiger partial charge >= 0.3 is 0 Å². The molecule has 0 amide bonds. The Morgan fingerprint density at radius 3 is 2.67 bits per heavy atom. The molecule has 70 valence electrons.